The molecule has 1 amide bonds. The van der Waals surface area contributed by atoms with Crippen LogP contribution in [0.3, 0.4) is 0 Å². The molecule has 2 heterocycles. The van der Waals surface area contributed by atoms with E-state index in [0.29, 0.717) is 36.1 Å². The van der Waals surface area contributed by atoms with Gasteiger partial charge in [0, 0.05) is 29.7 Å². The minimum absolute atomic E-state index is 0.000694. The standard InChI is InChI=1S/C25H22N8O5S/c26-39(37,38)22-8-1-18(2-9-22)16-32(17-34)20-5-3-19(4-6-20)23-11-12-28-25(31-23)29-14-13-27-24-10-7-21(15-30-24)33(35)36/h1-13,15,17H,14,16H2,(H2,26,37,38)(H,28,29,31). The van der Waals surface area contributed by atoms with E-state index in [2.05, 4.69) is 25.3 Å². The Hall–Kier alpha value is -5.08. The fraction of sp³-hybridized carbons (Fsp3) is 0.0800. The average molecular weight is 547 g/mol. The zero-order valence-electron chi connectivity index (χ0n) is 20.3. The second-order valence-electron chi connectivity index (χ2n) is 8.06. The van der Waals surface area contributed by atoms with E-state index in [4.69, 9.17) is 5.14 Å². The van der Waals surface area contributed by atoms with Gasteiger partial charge in [0.05, 0.1) is 28.6 Å². The normalized spacial score (nSPS) is 11.3. The molecule has 4 rings (SSSR count). The van der Waals surface area contributed by atoms with Gasteiger partial charge in [-0.15, -0.1) is 0 Å². The number of pyridine rings is 1. The summed E-state index contributed by atoms with van der Waals surface area (Å²) in [6, 6.07) is 17.7. The zero-order chi connectivity index (χ0) is 27.8. The number of aliphatic imine (C=N–C) groups is 1. The lowest BCUT2D eigenvalue weighted by Gasteiger charge is -2.18. The van der Waals surface area contributed by atoms with Crippen LogP contribution in [0.1, 0.15) is 5.56 Å². The summed E-state index contributed by atoms with van der Waals surface area (Å²) >= 11 is 0. The summed E-state index contributed by atoms with van der Waals surface area (Å²) in [6.07, 6.45) is 5.00. The van der Waals surface area contributed by atoms with Crippen molar-refractivity contribution in [2.45, 2.75) is 11.4 Å². The summed E-state index contributed by atoms with van der Waals surface area (Å²) in [7, 11) is -3.79. The molecule has 0 saturated heterocycles. The maximum absolute atomic E-state index is 11.7. The quantitative estimate of drug-likeness (QED) is 0.123. The number of aromatic nitrogens is 3. The summed E-state index contributed by atoms with van der Waals surface area (Å²) in [5.41, 5.74) is 2.73. The molecule has 0 bridgehead atoms. The third-order valence-electron chi connectivity index (χ3n) is 5.40. The van der Waals surface area contributed by atoms with Crippen LogP contribution in [0.4, 0.5) is 23.1 Å². The second kappa shape index (κ2) is 12.0. The molecule has 39 heavy (non-hydrogen) atoms. The molecular weight excluding hydrogens is 524 g/mol. The van der Waals surface area contributed by atoms with Crippen LogP contribution in [-0.4, -0.2) is 47.5 Å². The number of amides is 1. The number of nitrogens with one attached hydrogen (secondary N) is 1. The molecule has 198 valence electrons. The first kappa shape index (κ1) is 27.0. The van der Waals surface area contributed by atoms with Gasteiger partial charge in [0.1, 0.15) is 6.20 Å². The van der Waals surface area contributed by atoms with E-state index in [9.17, 15) is 23.3 Å². The van der Waals surface area contributed by atoms with Crippen LogP contribution in [0.2, 0.25) is 0 Å². The van der Waals surface area contributed by atoms with Crippen molar-refractivity contribution in [3.8, 4) is 11.3 Å². The minimum atomic E-state index is -3.79. The number of sulfonamides is 1. The number of rotatable bonds is 11. The van der Waals surface area contributed by atoms with Crippen molar-refractivity contribution in [2.75, 3.05) is 16.8 Å². The predicted octanol–water partition coefficient (Wildman–Crippen LogP) is 3.07. The first-order chi connectivity index (χ1) is 18.7. The van der Waals surface area contributed by atoms with Gasteiger partial charge in [-0.3, -0.25) is 14.9 Å². The molecule has 0 saturated carbocycles. The van der Waals surface area contributed by atoms with Crippen LogP contribution in [0.5, 0.6) is 0 Å². The highest BCUT2D eigenvalue weighted by Gasteiger charge is 2.11. The van der Waals surface area contributed by atoms with E-state index in [0.717, 1.165) is 17.3 Å². The molecule has 3 N–H and O–H groups in total. The summed E-state index contributed by atoms with van der Waals surface area (Å²) in [6.45, 7) is 0.541. The molecule has 14 heteroatoms. The molecule has 0 fully saturated rings. The van der Waals surface area contributed by atoms with Crippen molar-refractivity contribution < 1.29 is 18.1 Å². The fourth-order valence-corrected chi connectivity index (χ4v) is 3.95. The highest BCUT2D eigenvalue weighted by atomic mass is 32.2. The van der Waals surface area contributed by atoms with E-state index in [1.165, 1.54) is 29.2 Å². The van der Waals surface area contributed by atoms with Gasteiger partial charge < -0.3 is 10.2 Å². The Labute approximate surface area is 223 Å². The molecule has 0 atom stereocenters. The first-order valence-corrected chi connectivity index (χ1v) is 12.9. The van der Waals surface area contributed by atoms with Crippen LogP contribution >= 0.6 is 0 Å². The van der Waals surface area contributed by atoms with Crippen LogP contribution in [0.15, 0.2) is 89.0 Å². The largest absolute Gasteiger partial charge is 0.349 e. The van der Waals surface area contributed by atoms with Crippen molar-refractivity contribution in [1.82, 2.24) is 15.0 Å². The zero-order valence-corrected chi connectivity index (χ0v) is 21.1. The van der Waals surface area contributed by atoms with Gasteiger partial charge in [0.25, 0.3) is 5.69 Å². The van der Waals surface area contributed by atoms with Crippen LogP contribution < -0.4 is 15.4 Å². The van der Waals surface area contributed by atoms with Crippen LogP contribution in [0, 0.1) is 10.1 Å². The van der Waals surface area contributed by atoms with Gasteiger partial charge in [0.2, 0.25) is 22.4 Å². The number of nitrogens with two attached hydrogens (primary N) is 1. The van der Waals surface area contributed by atoms with Gasteiger partial charge in [-0.25, -0.2) is 33.5 Å². The van der Waals surface area contributed by atoms with Crippen molar-refractivity contribution in [1.29, 1.82) is 0 Å². The monoisotopic (exact) mass is 546 g/mol. The SMILES string of the molecule is NS(=O)(=O)c1ccc(CN(C=O)c2ccc(-c3ccnc(NCC=Nc4ccc([N+](=O)[O-])cn4)n3)cc2)cc1. The Balaban J connectivity index is 1.37. The Morgan fingerprint density at radius 2 is 1.77 bits per heavy atom. The van der Waals surface area contributed by atoms with Crippen LogP contribution in [0.25, 0.3) is 11.3 Å². The van der Waals surface area contributed by atoms with Crippen LogP contribution in [-0.2, 0) is 21.4 Å². The Morgan fingerprint density at radius 1 is 1.03 bits per heavy atom. The number of hydrogen-bond acceptors (Lipinski definition) is 10. The van der Waals surface area contributed by atoms with E-state index >= 15 is 0 Å². The fourth-order valence-electron chi connectivity index (χ4n) is 3.44. The molecule has 13 nitrogen and oxygen atoms in total. The van der Waals surface area contributed by atoms with Gasteiger partial charge >= 0.3 is 0 Å². The number of carbonyl (C=O) groups is 1. The predicted molar refractivity (Wildman–Crippen MR) is 145 cm³/mol. The molecule has 0 radical (unpaired) electrons. The summed E-state index contributed by atoms with van der Waals surface area (Å²) in [4.78, 5) is 40.1. The minimum Gasteiger partial charge on any atom is -0.349 e. The average Bonchev–Trinajstić information content (AvgIpc) is 2.94. The van der Waals surface area contributed by atoms with Gasteiger partial charge in [-0.05, 0) is 42.0 Å². The highest BCUT2D eigenvalue weighted by Crippen LogP contribution is 2.23. The van der Waals surface area contributed by atoms with E-state index in [1.807, 2.05) is 12.1 Å². The Morgan fingerprint density at radius 3 is 2.38 bits per heavy atom. The molecule has 2 aromatic heterocycles. The molecule has 0 spiro atoms. The molecule has 0 aliphatic rings. The number of primary sulfonamides is 1. The number of nitrogens with zero attached hydrogens (tertiary/aromatic N) is 6. The lowest BCUT2D eigenvalue weighted by molar-refractivity contribution is -0.385. The number of nitro groups is 1. The number of anilines is 2. The maximum Gasteiger partial charge on any atom is 0.287 e. The molecule has 0 aliphatic heterocycles. The van der Waals surface area contributed by atoms with Crippen molar-refractivity contribution >= 4 is 45.8 Å². The van der Waals surface area contributed by atoms with Crippen molar-refractivity contribution in [3.63, 3.8) is 0 Å². The summed E-state index contributed by atoms with van der Waals surface area (Å²) in [5, 5.41) is 18.8. The molecule has 2 aromatic carbocycles. The first-order valence-electron chi connectivity index (χ1n) is 11.4. The van der Waals surface area contributed by atoms with Gasteiger partial charge in [-0.1, -0.05) is 24.3 Å². The van der Waals surface area contributed by atoms with Crippen molar-refractivity contribution in [3.05, 3.63) is 94.8 Å². The molecular formula is C25H22N8O5S. The van der Waals surface area contributed by atoms with E-state index in [1.54, 1.807) is 42.7 Å². The smallest absolute Gasteiger partial charge is 0.287 e. The number of carbonyl (C=O) groups excluding carboxylic acids is 1. The van der Waals surface area contributed by atoms with E-state index in [-0.39, 0.29) is 17.1 Å². The molecule has 0 aliphatic carbocycles. The highest BCUT2D eigenvalue weighted by molar-refractivity contribution is 7.89. The van der Waals surface area contributed by atoms with Gasteiger partial charge in [0.15, 0.2) is 5.82 Å². The number of hydrogen-bond donors (Lipinski definition) is 2. The maximum atomic E-state index is 11.7. The Kier molecular flexibility index (Phi) is 8.28. The van der Waals surface area contributed by atoms with E-state index < -0.39 is 14.9 Å². The number of benzene rings is 2. The second-order valence-corrected chi connectivity index (χ2v) is 9.62. The topological polar surface area (TPSA) is 187 Å². The summed E-state index contributed by atoms with van der Waals surface area (Å²) in [5.74, 6) is 0.708. The molecule has 0 unspecified atom stereocenters. The Bertz CT molecular complexity index is 1590. The molecule has 4 aromatic rings. The third-order valence-corrected chi connectivity index (χ3v) is 6.33. The van der Waals surface area contributed by atoms with Crippen molar-refractivity contribution in [2.24, 2.45) is 10.1 Å². The lowest BCUT2D eigenvalue weighted by atomic mass is 10.1. The third kappa shape index (κ3) is 7.24. The van der Waals surface area contributed by atoms with Gasteiger partial charge in [-0.2, -0.15) is 0 Å². The lowest BCUT2D eigenvalue weighted by Crippen LogP contribution is -2.20. The summed E-state index contributed by atoms with van der Waals surface area (Å²) < 4.78 is 22.9.